The van der Waals surface area contributed by atoms with Crippen molar-refractivity contribution in [2.75, 3.05) is 12.8 Å². The number of nitrogen functional groups attached to an aromatic ring is 1. The van der Waals surface area contributed by atoms with Crippen LogP contribution in [0.15, 0.2) is 39.8 Å². The number of para-hydroxylation sites is 1. The molecule has 90 valence electrons. The number of hydrogen-bond donors (Lipinski definition) is 1. The average molecular weight is 250 g/mol. The molecule has 0 saturated carbocycles. The maximum atomic E-state index is 5.85. The predicted molar refractivity (Wildman–Crippen MR) is 67.6 cm³/mol. The molecule has 2 aromatic rings. The third-order valence-corrected chi connectivity index (χ3v) is 3.31. The maximum absolute atomic E-state index is 5.85. The van der Waals surface area contributed by atoms with E-state index in [0.29, 0.717) is 6.61 Å². The highest BCUT2D eigenvalue weighted by Crippen LogP contribution is 2.27. The van der Waals surface area contributed by atoms with E-state index in [-0.39, 0.29) is 0 Å². The fourth-order valence-electron chi connectivity index (χ4n) is 1.40. The highest BCUT2D eigenvalue weighted by atomic mass is 32.2. The number of hydrogen-bond acceptors (Lipinski definition) is 5. The van der Waals surface area contributed by atoms with Crippen LogP contribution in [0.3, 0.4) is 0 Å². The average Bonchev–Trinajstić information content (AvgIpc) is 2.76. The van der Waals surface area contributed by atoms with Crippen molar-refractivity contribution in [1.29, 1.82) is 0 Å². The lowest BCUT2D eigenvalue weighted by molar-refractivity contribution is 0.156. The van der Waals surface area contributed by atoms with E-state index in [2.05, 4.69) is 5.16 Å². The Morgan fingerprint density at radius 3 is 3.00 bits per heavy atom. The molecule has 0 radical (unpaired) electrons. The minimum Gasteiger partial charge on any atom is -0.398 e. The lowest BCUT2D eigenvalue weighted by Gasteiger charge is -2.02. The van der Waals surface area contributed by atoms with Crippen LogP contribution >= 0.6 is 11.8 Å². The number of thioether (sulfide) groups is 1. The van der Waals surface area contributed by atoms with Gasteiger partial charge in [-0.25, -0.2) is 0 Å². The van der Waals surface area contributed by atoms with Crippen molar-refractivity contribution in [2.45, 2.75) is 17.3 Å². The summed E-state index contributed by atoms with van der Waals surface area (Å²) in [5.41, 5.74) is 7.54. The highest BCUT2D eigenvalue weighted by molar-refractivity contribution is 7.98. The molecule has 17 heavy (non-hydrogen) atoms. The van der Waals surface area contributed by atoms with Crippen LogP contribution in [0.1, 0.15) is 11.5 Å². The van der Waals surface area contributed by atoms with Gasteiger partial charge in [0.25, 0.3) is 0 Å². The van der Waals surface area contributed by atoms with Crippen LogP contribution in [-0.4, -0.2) is 12.3 Å². The molecule has 0 amide bonds. The lowest BCUT2D eigenvalue weighted by Crippen LogP contribution is -1.88. The molecule has 1 aromatic carbocycles. The van der Waals surface area contributed by atoms with E-state index in [0.717, 1.165) is 27.8 Å². The van der Waals surface area contributed by atoms with Gasteiger partial charge < -0.3 is 15.0 Å². The first kappa shape index (κ1) is 12.0. The van der Waals surface area contributed by atoms with Gasteiger partial charge in [-0.2, -0.15) is 0 Å². The van der Waals surface area contributed by atoms with Crippen LogP contribution in [-0.2, 0) is 17.1 Å². The van der Waals surface area contributed by atoms with E-state index in [1.807, 2.05) is 30.3 Å². The summed E-state index contributed by atoms with van der Waals surface area (Å²) in [5, 5.41) is 3.96. The normalized spacial score (nSPS) is 10.6. The Balaban J connectivity index is 1.95. The minimum absolute atomic E-state index is 0.450. The van der Waals surface area contributed by atoms with E-state index >= 15 is 0 Å². The molecule has 0 bridgehead atoms. The van der Waals surface area contributed by atoms with Crippen LogP contribution in [0.4, 0.5) is 5.69 Å². The van der Waals surface area contributed by atoms with Gasteiger partial charge in [0.15, 0.2) is 5.76 Å². The highest BCUT2D eigenvalue weighted by Gasteiger charge is 2.05. The van der Waals surface area contributed by atoms with Crippen molar-refractivity contribution in [2.24, 2.45) is 0 Å². The van der Waals surface area contributed by atoms with Crippen LogP contribution in [0, 0.1) is 0 Å². The molecule has 1 heterocycles. The number of nitrogens with two attached hydrogens (primary N) is 1. The van der Waals surface area contributed by atoms with Gasteiger partial charge in [0.1, 0.15) is 6.61 Å². The molecule has 0 unspecified atom stereocenters. The molecule has 0 fully saturated rings. The predicted octanol–water partition coefficient (Wildman–Crippen LogP) is 2.70. The van der Waals surface area contributed by atoms with E-state index in [9.17, 15) is 0 Å². The number of benzene rings is 1. The van der Waals surface area contributed by atoms with Gasteiger partial charge in [0, 0.05) is 29.5 Å². The number of ether oxygens (including phenoxy) is 1. The molecule has 4 nitrogen and oxygen atoms in total. The van der Waals surface area contributed by atoms with Crippen molar-refractivity contribution in [3.63, 3.8) is 0 Å². The van der Waals surface area contributed by atoms with Gasteiger partial charge in [-0.3, -0.25) is 0 Å². The summed E-state index contributed by atoms with van der Waals surface area (Å²) in [7, 11) is 1.63. The van der Waals surface area contributed by atoms with Crippen molar-refractivity contribution in [3.05, 3.63) is 41.8 Å². The summed E-state index contributed by atoms with van der Waals surface area (Å²) < 4.78 is 10.1. The fraction of sp³-hybridized carbons (Fsp3) is 0.250. The third-order valence-electron chi connectivity index (χ3n) is 2.19. The zero-order valence-corrected chi connectivity index (χ0v) is 10.4. The molecule has 0 saturated heterocycles. The molecular formula is C12H14N2O2S. The second-order valence-corrected chi connectivity index (χ2v) is 4.56. The standard InChI is InChI=1S/C12H14N2O2S/c1-15-7-10-6-9(14-16-10)8-17-12-5-3-2-4-11(12)13/h2-6H,7-8,13H2,1H3. The molecule has 1 aromatic heterocycles. The largest absolute Gasteiger partial charge is 0.398 e. The summed E-state index contributed by atoms with van der Waals surface area (Å²) in [5.74, 6) is 1.48. The summed E-state index contributed by atoms with van der Waals surface area (Å²) in [6.45, 7) is 0.450. The number of methoxy groups -OCH3 is 1. The van der Waals surface area contributed by atoms with E-state index in [1.54, 1.807) is 18.9 Å². The Hall–Kier alpha value is -1.46. The van der Waals surface area contributed by atoms with Crippen molar-refractivity contribution >= 4 is 17.4 Å². The van der Waals surface area contributed by atoms with Crippen LogP contribution in [0.5, 0.6) is 0 Å². The van der Waals surface area contributed by atoms with Gasteiger partial charge in [0.2, 0.25) is 0 Å². The summed E-state index contributed by atoms with van der Waals surface area (Å²) in [4.78, 5) is 1.06. The van der Waals surface area contributed by atoms with Gasteiger partial charge in [-0.05, 0) is 12.1 Å². The maximum Gasteiger partial charge on any atom is 0.162 e. The number of anilines is 1. The second kappa shape index (κ2) is 5.75. The van der Waals surface area contributed by atoms with Gasteiger partial charge in [-0.1, -0.05) is 17.3 Å². The number of nitrogens with zero attached hydrogens (tertiary/aromatic N) is 1. The molecule has 2 rings (SSSR count). The zero-order chi connectivity index (χ0) is 12.1. The Labute approximate surface area is 104 Å². The van der Waals surface area contributed by atoms with Gasteiger partial charge >= 0.3 is 0 Å². The molecule has 0 aliphatic rings. The monoisotopic (exact) mass is 250 g/mol. The van der Waals surface area contributed by atoms with E-state index in [4.69, 9.17) is 15.0 Å². The molecular weight excluding hydrogens is 236 g/mol. The second-order valence-electron chi connectivity index (χ2n) is 3.54. The SMILES string of the molecule is COCc1cc(CSc2ccccc2N)no1. The molecule has 2 N–H and O–H groups in total. The Bertz CT molecular complexity index is 485. The number of rotatable bonds is 5. The zero-order valence-electron chi connectivity index (χ0n) is 9.55. The molecule has 0 aliphatic carbocycles. The van der Waals surface area contributed by atoms with Crippen LogP contribution in [0.2, 0.25) is 0 Å². The third kappa shape index (κ3) is 3.25. The van der Waals surface area contributed by atoms with E-state index in [1.165, 1.54) is 0 Å². The van der Waals surface area contributed by atoms with Crippen molar-refractivity contribution in [1.82, 2.24) is 5.16 Å². The van der Waals surface area contributed by atoms with Gasteiger partial charge in [0.05, 0.1) is 5.69 Å². The van der Waals surface area contributed by atoms with Crippen LogP contribution in [0.25, 0.3) is 0 Å². The summed E-state index contributed by atoms with van der Waals surface area (Å²) in [6.07, 6.45) is 0. The first-order chi connectivity index (χ1) is 8.29. The topological polar surface area (TPSA) is 61.3 Å². The fourth-order valence-corrected chi connectivity index (χ4v) is 2.25. The first-order valence-corrected chi connectivity index (χ1v) is 6.19. The molecule has 0 atom stereocenters. The van der Waals surface area contributed by atoms with Gasteiger partial charge in [-0.15, -0.1) is 11.8 Å². The Morgan fingerprint density at radius 2 is 2.24 bits per heavy atom. The number of aromatic nitrogens is 1. The van der Waals surface area contributed by atoms with Crippen molar-refractivity contribution in [3.8, 4) is 0 Å². The quantitative estimate of drug-likeness (QED) is 0.653. The Morgan fingerprint density at radius 1 is 1.41 bits per heavy atom. The van der Waals surface area contributed by atoms with E-state index < -0.39 is 0 Å². The lowest BCUT2D eigenvalue weighted by atomic mass is 10.3. The van der Waals surface area contributed by atoms with Crippen molar-refractivity contribution < 1.29 is 9.26 Å². The van der Waals surface area contributed by atoms with Crippen LogP contribution < -0.4 is 5.73 Å². The molecule has 0 aliphatic heterocycles. The minimum atomic E-state index is 0.450. The molecule has 0 spiro atoms. The smallest absolute Gasteiger partial charge is 0.162 e. The molecule has 5 heteroatoms. The summed E-state index contributed by atoms with van der Waals surface area (Å²) >= 11 is 1.64. The first-order valence-electron chi connectivity index (χ1n) is 5.20. The Kier molecular flexibility index (Phi) is 4.06. The summed E-state index contributed by atoms with van der Waals surface area (Å²) in [6, 6.07) is 9.68.